The van der Waals surface area contributed by atoms with Crippen LogP contribution >= 0.6 is 0 Å². The molecule has 8 rings (SSSR count). The lowest BCUT2D eigenvalue weighted by Crippen LogP contribution is -1.96. The summed E-state index contributed by atoms with van der Waals surface area (Å²) in [5.41, 5.74) is 12.1. The molecule has 43 heavy (non-hydrogen) atoms. The van der Waals surface area contributed by atoms with Crippen LogP contribution in [0, 0.1) is 20.8 Å². The molecule has 0 amide bonds. The van der Waals surface area contributed by atoms with Crippen LogP contribution < -0.4 is 0 Å². The van der Waals surface area contributed by atoms with Gasteiger partial charge < -0.3 is 0 Å². The molecule has 1 heterocycles. The van der Waals surface area contributed by atoms with E-state index in [0.717, 1.165) is 16.6 Å². The van der Waals surface area contributed by atoms with Crippen molar-refractivity contribution >= 4 is 43.2 Å². The number of hydrogen-bond acceptors (Lipinski definition) is 1. The average molecular weight is 550 g/mol. The molecule has 0 radical (unpaired) electrons. The van der Waals surface area contributed by atoms with Crippen LogP contribution in [0.15, 0.2) is 133 Å². The monoisotopic (exact) mass is 549 g/mol. The number of aryl methyl sites for hydroxylation is 3. The van der Waals surface area contributed by atoms with E-state index in [1.165, 1.54) is 76.8 Å². The SMILES string of the molecule is Cc1ccc2c(-c3ccc4ccccc4n3)c3cc(C)c(C)cc3c(-c3cc4ccccc4cc3-c3ccccc3)c2c1. The third-order valence-corrected chi connectivity index (χ3v) is 8.98. The highest BCUT2D eigenvalue weighted by molar-refractivity contribution is 6.23. The van der Waals surface area contributed by atoms with Crippen molar-refractivity contribution in [2.24, 2.45) is 0 Å². The van der Waals surface area contributed by atoms with E-state index >= 15 is 0 Å². The van der Waals surface area contributed by atoms with Gasteiger partial charge in [-0.25, -0.2) is 4.98 Å². The van der Waals surface area contributed by atoms with Gasteiger partial charge in [-0.3, -0.25) is 0 Å². The van der Waals surface area contributed by atoms with Gasteiger partial charge in [0.1, 0.15) is 0 Å². The molecule has 204 valence electrons. The summed E-state index contributed by atoms with van der Waals surface area (Å²) in [6.07, 6.45) is 0. The van der Waals surface area contributed by atoms with Gasteiger partial charge in [0.25, 0.3) is 0 Å². The Kier molecular flexibility index (Phi) is 5.87. The Morgan fingerprint density at radius 3 is 1.77 bits per heavy atom. The molecule has 1 heteroatoms. The molecule has 0 aliphatic carbocycles. The minimum atomic E-state index is 1.01. The molecule has 0 unspecified atom stereocenters. The van der Waals surface area contributed by atoms with Gasteiger partial charge in [0, 0.05) is 10.9 Å². The van der Waals surface area contributed by atoms with Crippen LogP contribution in [0.1, 0.15) is 16.7 Å². The zero-order valence-corrected chi connectivity index (χ0v) is 24.6. The first-order valence-electron chi connectivity index (χ1n) is 15.0. The number of benzene rings is 7. The minimum Gasteiger partial charge on any atom is -0.248 e. The zero-order valence-electron chi connectivity index (χ0n) is 24.6. The van der Waals surface area contributed by atoms with Crippen molar-refractivity contribution in [2.45, 2.75) is 20.8 Å². The van der Waals surface area contributed by atoms with Crippen molar-refractivity contribution in [3.8, 4) is 33.5 Å². The number of aromatic nitrogens is 1. The molecular formula is C42H31N. The summed E-state index contributed by atoms with van der Waals surface area (Å²) in [4.78, 5) is 5.23. The van der Waals surface area contributed by atoms with Crippen LogP contribution in [0.4, 0.5) is 0 Å². The number of rotatable bonds is 3. The van der Waals surface area contributed by atoms with Crippen LogP contribution in [-0.4, -0.2) is 4.98 Å². The number of nitrogens with zero attached hydrogens (tertiary/aromatic N) is 1. The van der Waals surface area contributed by atoms with Crippen molar-refractivity contribution in [2.75, 3.05) is 0 Å². The first-order valence-corrected chi connectivity index (χ1v) is 15.0. The second kappa shape index (κ2) is 9.93. The molecule has 1 aromatic heterocycles. The lowest BCUT2D eigenvalue weighted by molar-refractivity contribution is 1.36. The molecule has 8 aromatic rings. The maximum Gasteiger partial charge on any atom is 0.0722 e. The number of para-hydroxylation sites is 1. The highest BCUT2D eigenvalue weighted by Crippen LogP contribution is 2.47. The second-order valence-corrected chi connectivity index (χ2v) is 11.8. The number of pyridine rings is 1. The van der Waals surface area contributed by atoms with Gasteiger partial charge >= 0.3 is 0 Å². The fourth-order valence-corrected chi connectivity index (χ4v) is 6.68. The van der Waals surface area contributed by atoms with Gasteiger partial charge in [-0.1, -0.05) is 115 Å². The standard InChI is InChI=1S/C42H31N/c1-26-17-19-33-35(21-26)41(38-25-32-15-8-7-14-31(32)24-34(38)29-11-5-4-6-12-29)36-22-27(2)28(3)23-37(36)42(33)40-20-18-30-13-9-10-16-39(30)43-40/h4-25H,1-3H3. The van der Waals surface area contributed by atoms with E-state index in [9.17, 15) is 0 Å². The first-order chi connectivity index (χ1) is 21.0. The second-order valence-electron chi connectivity index (χ2n) is 11.8. The van der Waals surface area contributed by atoms with Gasteiger partial charge in [-0.05, 0) is 111 Å². The van der Waals surface area contributed by atoms with Crippen LogP contribution in [-0.2, 0) is 0 Å². The molecule has 0 aliphatic heterocycles. The van der Waals surface area contributed by atoms with E-state index < -0.39 is 0 Å². The normalized spacial score (nSPS) is 11.6. The van der Waals surface area contributed by atoms with Crippen molar-refractivity contribution in [1.29, 1.82) is 0 Å². The van der Waals surface area contributed by atoms with E-state index in [1.807, 2.05) is 0 Å². The topological polar surface area (TPSA) is 12.9 Å². The Hall–Kier alpha value is -5.27. The quantitative estimate of drug-likeness (QED) is 0.200. The van der Waals surface area contributed by atoms with Crippen LogP contribution in [0.3, 0.4) is 0 Å². The van der Waals surface area contributed by atoms with Gasteiger partial charge in [-0.2, -0.15) is 0 Å². The minimum absolute atomic E-state index is 1.01. The molecule has 1 nitrogen and oxygen atoms in total. The Labute approximate surface area is 252 Å². The smallest absolute Gasteiger partial charge is 0.0722 e. The van der Waals surface area contributed by atoms with Crippen molar-refractivity contribution < 1.29 is 0 Å². The van der Waals surface area contributed by atoms with Crippen molar-refractivity contribution in [3.63, 3.8) is 0 Å². The lowest BCUT2D eigenvalue weighted by Gasteiger charge is -2.21. The van der Waals surface area contributed by atoms with E-state index in [1.54, 1.807) is 0 Å². The van der Waals surface area contributed by atoms with Crippen LogP contribution in [0.5, 0.6) is 0 Å². The first kappa shape index (κ1) is 25.4. The molecule has 0 saturated heterocycles. The average Bonchev–Trinajstić information content (AvgIpc) is 3.04. The van der Waals surface area contributed by atoms with E-state index in [4.69, 9.17) is 4.98 Å². The largest absolute Gasteiger partial charge is 0.248 e. The third kappa shape index (κ3) is 4.20. The van der Waals surface area contributed by atoms with Gasteiger partial charge in [0.2, 0.25) is 0 Å². The summed E-state index contributed by atoms with van der Waals surface area (Å²) in [7, 11) is 0. The lowest BCUT2D eigenvalue weighted by atomic mass is 9.82. The molecule has 7 aromatic carbocycles. The third-order valence-electron chi connectivity index (χ3n) is 8.98. The molecule has 0 atom stereocenters. The summed E-state index contributed by atoms with van der Waals surface area (Å²) in [5.74, 6) is 0. The molecular weight excluding hydrogens is 518 g/mol. The zero-order chi connectivity index (χ0) is 29.1. The summed E-state index contributed by atoms with van der Waals surface area (Å²) in [5, 5.41) is 8.64. The molecule has 0 fully saturated rings. The fourth-order valence-electron chi connectivity index (χ4n) is 6.68. The van der Waals surface area contributed by atoms with Crippen molar-refractivity contribution in [3.05, 3.63) is 150 Å². The van der Waals surface area contributed by atoms with Gasteiger partial charge in [0.05, 0.1) is 11.2 Å². The summed E-state index contributed by atoms with van der Waals surface area (Å²) >= 11 is 0. The molecule has 0 saturated carbocycles. The summed E-state index contributed by atoms with van der Waals surface area (Å²) in [6, 6.07) is 48.8. The summed E-state index contributed by atoms with van der Waals surface area (Å²) in [6.45, 7) is 6.64. The molecule has 0 spiro atoms. The highest BCUT2D eigenvalue weighted by atomic mass is 14.7. The Morgan fingerprint density at radius 2 is 1.02 bits per heavy atom. The van der Waals surface area contributed by atoms with Crippen molar-refractivity contribution in [1.82, 2.24) is 4.98 Å². The molecule has 0 bridgehead atoms. The van der Waals surface area contributed by atoms with Gasteiger partial charge in [0.15, 0.2) is 0 Å². The Morgan fingerprint density at radius 1 is 0.419 bits per heavy atom. The maximum atomic E-state index is 5.23. The number of hydrogen-bond donors (Lipinski definition) is 0. The predicted octanol–water partition coefficient (Wildman–Crippen LogP) is 11.6. The highest BCUT2D eigenvalue weighted by Gasteiger charge is 2.21. The fraction of sp³-hybridized carbons (Fsp3) is 0.0714. The Bertz CT molecular complexity index is 2360. The van der Waals surface area contributed by atoms with Gasteiger partial charge in [-0.15, -0.1) is 0 Å². The van der Waals surface area contributed by atoms with E-state index in [0.29, 0.717) is 0 Å². The van der Waals surface area contributed by atoms with E-state index in [-0.39, 0.29) is 0 Å². The Balaban J connectivity index is 1.58. The van der Waals surface area contributed by atoms with Crippen LogP contribution in [0.2, 0.25) is 0 Å². The maximum absolute atomic E-state index is 5.23. The van der Waals surface area contributed by atoms with E-state index in [2.05, 4.69) is 154 Å². The molecule has 0 aliphatic rings. The summed E-state index contributed by atoms with van der Waals surface area (Å²) < 4.78 is 0. The molecule has 0 N–H and O–H groups in total. The predicted molar refractivity (Wildman–Crippen MR) is 185 cm³/mol. The number of fused-ring (bicyclic) bond motifs is 4. The van der Waals surface area contributed by atoms with Crippen LogP contribution in [0.25, 0.3) is 76.7 Å².